The van der Waals surface area contributed by atoms with Gasteiger partial charge in [-0.1, -0.05) is 67.5 Å². The number of hydrogen-bond acceptors (Lipinski definition) is 0. The van der Waals surface area contributed by atoms with Gasteiger partial charge < -0.3 is 0 Å². The first kappa shape index (κ1) is 31.9. The molecule has 0 aromatic heterocycles. The number of hydrogen-bond donors (Lipinski definition) is 0. The molecule has 0 spiro atoms. The molecule has 1 unspecified atom stereocenters. The van der Waals surface area contributed by atoms with Gasteiger partial charge in [0.2, 0.25) is 0 Å². The largest absolute Gasteiger partial charge is 0.0623 e. The Morgan fingerprint density at radius 3 is 1.28 bits per heavy atom. The fourth-order valence-electron chi connectivity index (χ4n) is 20.3. The molecule has 12 saturated carbocycles. The van der Waals surface area contributed by atoms with Crippen LogP contribution in [0.25, 0.3) is 11.1 Å². The van der Waals surface area contributed by atoms with Crippen LogP contribution >= 0.6 is 0 Å². The molecule has 15 aliphatic carbocycles. The molecule has 0 aliphatic heterocycles. The van der Waals surface area contributed by atoms with Gasteiger partial charge in [0.15, 0.2) is 0 Å². The lowest BCUT2D eigenvalue weighted by Crippen LogP contribution is -2.48. The van der Waals surface area contributed by atoms with Gasteiger partial charge in [0, 0.05) is 11.3 Å². The molecule has 15 aliphatic rings. The Bertz CT molecular complexity index is 1840. The molecule has 0 heterocycles. The van der Waals surface area contributed by atoms with Crippen LogP contribution in [0.1, 0.15) is 177 Å². The van der Waals surface area contributed by atoms with E-state index >= 15 is 0 Å². The molecule has 0 amide bonds. The van der Waals surface area contributed by atoms with Crippen LogP contribution in [0.5, 0.6) is 0 Å². The van der Waals surface area contributed by atoms with E-state index in [1.807, 2.05) is 16.7 Å². The van der Waals surface area contributed by atoms with E-state index in [9.17, 15) is 0 Å². The predicted molar refractivity (Wildman–Crippen MR) is 220 cm³/mol. The summed E-state index contributed by atoms with van der Waals surface area (Å²) in [6.45, 7) is 5.27. The molecule has 0 radical (unpaired) electrons. The third kappa shape index (κ3) is 4.09. The maximum absolute atomic E-state index is 2.95. The van der Waals surface area contributed by atoms with Gasteiger partial charge >= 0.3 is 0 Å². The van der Waals surface area contributed by atoms with Gasteiger partial charge in [-0.3, -0.25) is 0 Å². The summed E-state index contributed by atoms with van der Waals surface area (Å²) >= 11 is 0. The number of rotatable bonds is 5. The second kappa shape index (κ2) is 10.5. The first-order valence-electron chi connectivity index (χ1n) is 24.0. The van der Waals surface area contributed by atoms with E-state index in [1.165, 1.54) is 116 Å². The van der Waals surface area contributed by atoms with Gasteiger partial charge in [0.1, 0.15) is 0 Å². The summed E-state index contributed by atoms with van der Waals surface area (Å²) in [4.78, 5) is 0. The summed E-state index contributed by atoms with van der Waals surface area (Å²) in [7, 11) is 0. The van der Waals surface area contributed by atoms with Crippen molar-refractivity contribution in [2.75, 3.05) is 0 Å². The van der Waals surface area contributed by atoms with Crippen molar-refractivity contribution in [3.63, 3.8) is 0 Å². The molecular formula is C54H66. The quantitative estimate of drug-likeness (QED) is 0.289. The highest BCUT2D eigenvalue weighted by molar-refractivity contribution is 5.82. The van der Waals surface area contributed by atoms with Crippen molar-refractivity contribution >= 4 is 0 Å². The molecular weight excluding hydrogens is 649 g/mol. The Hall–Kier alpha value is -2.08. The highest BCUT2D eigenvalue weighted by atomic mass is 14.6. The third-order valence-corrected chi connectivity index (χ3v) is 21.0. The predicted octanol–water partition coefficient (Wildman–Crippen LogP) is 14.0. The lowest BCUT2D eigenvalue weighted by atomic mass is 9.47. The van der Waals surface area contributed by atoms with Gasteiger partial charge in [-0.25, -0.2) is 0 Å². The monoisotopic (exact) mass is 715 g/mol. The highest BCUT2D eigenvalue weighted by Gasteiger charge is 2.59. The van der Waals surface area contributed by atoms with E-state index in [-0.39, 0.29) is 5.41 Å². The molecule has 2 aromatic rings. The summed E-state index contributed by atoms with van der Waals surface area (Å²) in [5.74, 6) is 10.2. The molecule has 1 atom stereocenters. The Balaban J connectivity index is 0.919. The van der Waals surface area contributed by atoms with Gasteiger partial charge in [-0.05, 0) is 249 Å². The van der Waals surface area contributed by atoms with E-state index in [0.717, 1.165) is 53.3 Å². The molecule has 0 heteroatoms. The van der Waals surface area contributed by atoms with Crippen LogP contribution in [-0.2, 0) is 10.8 Å². The summed E-state index contributed by atoms with van der Waals surface area (Å²) < 4.78 is 0. The van der Waals surface area contributed by atoms with Gasteiger partial charge in [-0.15, -0.1) is 0 Å². The number of fused-ring (bicyclic) bond motifs is 3. The average molecular weight is 715 g/mol. The lowest BCUT2D eigenvalue weighted by Gasteiger charge is -2.57. The smallest absolute Gasteiger partial charge is 0.0201 e. The maximum atomic E-state index is 2.95. The van der Waals surface area contributed by atoms with E-state index in [1.54, 1.807) is 52.6 Å². The topological polar surface area (TPSA) is 0 Å². The first-order chi connectivity index (χ1) is 26.3. The Kier molecular flexibility index (Phi) is 6.21. The first-order valence-corrected chi connectivity index (χ1v) is 24.0. The molecule has 0 nitrogen and oxygen atoms in total. The van der Waals surface area contributed by atoms with Gasteiger partial charge in [-0.2, -0.15) is 0 Å². The average Bonchev–Trinajstić information content (AvgIpc) is 3.81. The molecule has 12 bridgehead atoms. The minimum atomic E-state index is 0.212. The van der Waals surface area contributed by atoms with Crippen molar-refractivity contribution in [2.24, 2.45) is 70.0 Å². The number of benzene rings is 2. The van der Waals surface area contributed by atoms with Crippen molar-refractivity contribution in [3.8, 4) is 11.1 Å². The van der Waals surface area contributed by atoms with Crippen molar-refractivity contribution < 1.29 is 0 Å². The second-order valence-corrected chi connectivity index (χ2v) is 24.2. The molecule has 282 valence electrons. The summed E-state index contributed by atoms with van der Waals surface area (Å²) in [6.07, 6.45) is 34.3. The van der Waals surface area contributed by atoms with E-state index < -0.39 is 0 Å². The van der Waals surface area contributed by atoms with Crippen molar-refractivity contribution in [1.82, 2.24) is 0 Å². The highest BCUT2D eigenvalue weighted by Crippen LogP contribution is 2.71. The molecule has 12 fully saturated rings. The van der Waals surface area contributed by atoms with Gasteiger partial charge in [0.25, 0.3) is 0 Å². The van der Waals surface area contributed by atoms with Crippen LogP contribution in [0.3, 0.4) is 0 Å². The zero-order valence-corrected chi connectivity index (χ0v) is 33.7. The van der Waals surface area contributed by atoms with Crippen molar-refractivity contribution in [3.05, 3.63) is 81.4 Å². The maximum Gasteiger partial charge on any atom is 0.0201 e. The standard InChI is InChI=1S/C54H66/c1-31(2)54(8-7-41-18-44(21-49(41)54)53-28-38-15-39(29-53)17-40(16-38)30-53)50-45-5-3-42(51-22-32-9-33(23-51)11-34(10-32)24-51)19-47(45)48-20-43(4-6-46(48)50)52-25-35-12-36(26-52)14-37(13-35)27-52/h3-6,19-21,31-40,50H,7-18,22-30H2,1-2H3. The summed E-state index contributed by atoms with van der Waals surface area (Å²) in [6, 6.07) is 16.7. The summed E-state index contributed by atoms with van der Waals surface area (Å²) in [5, 5.41) is 0. The number of allylic oxidation sites excluding steroid dienone is 4. The molecule has 0 saturated heterocycles. The Morgan fingerprint density at radius 2 is 0.889 bits per heavy atom. The van der Waals surface area contributed by atoms with E-state index in [4.69, 9.17) is 0 Å². The second-order valence-electron chi connectivity index (χ2n) is 24.2. The Morgan fingerprint density at radius 1 is 0.500 bits per heavy atom. The van der Waals surface area contributed by atoms with Crippen LogP contribution < -0.4 is 0 Å². The van der Waals surface area contributed by atoms with Crippen molar-refractivity contribution in [2.45, 2.75) is 165 Å². The van der Waals surface area contributed by atoms with Crippen LogP contribution in [0.4, 0.5) is 0 Å². The molecule has 17 rings (SSSR count). The van der Waals surface area contributed by atoms with Crippen LogP contribution in [0.2, 0.25) is 0 Å². The zero-order valence-electron chi connectivity index (χ0n) is 33.7. The fraction of sp³-hybridized carbons (Fsp3) is 0.704. The minimum absolute atomic E-state index is 0.212. The lowest BCUT2D eigenvalue weighted by molar-refractivity contribution is -0.0314. The van der Waals surface area contributed by atoms with E-state index in [2.05, 4.69) is 56.3 Å². The Labute approximate surface area is 326 Å². The molecule has 0 N–H and O–H groups in total. The minimum Gasteiger partial charge on any atom is -0.0623 e. The van der Waals surface area contributed by atoms with Crippen LogP contribution in [-0.4, -0.2) is 0 Å². The van der Waals surface area contributed by atoms with Crippen molar-refractivity contribution in [1.29, 1.82) is 0 Å². The van der Waals surface area contributed by atoms with Crippen LogP contribution in [0, 0.1) is 70.0 Å². The molecule has 2 aromatic carbocycles. The van der Waals surface area contributed by atoms with E-state index in [0.29, 0.717) is 28.1 Å². The van der Waals surface area contributed by atoms with Gasteiger partial charge in [0.05, 0.1) is 0 Å². The molecule has 54 heavy (non-hydrogen) atoms. The third-order valence-electron chi connectivity index (χ3n) is 21.0. The van der Waals surface area contributed by atoms with Crippen LogP contribution in [0.15, 0.2) is 59.2 Å². The fourth-order valence-corrected chi connectivity index (χ4v) is 20.3. The summed E-state index contributed by atoms with van der Waals surface area (Å²) in [5.41, 5.74) is 17.6. The SMILES string of the molecule is CC(C)C1(C2c3ccc(C45CC6CC(CC(C6)C4)C5)cc3-c3cc(C45CC6CC(CC(C6)C4)C5)ccc32)CCC2=C1C=C(C13CC4CC(CC(C4)C1)C3)C2. The zero-order chi connectivity index (χ0) is 35.3. The normalized spacial score (nSPS) is 49.4.